The van der Waals surface area contributed by atoms with Gasteiger partial charge in [-0.2, -0.15) is 0 Å². The molecule has 5 rings (SSSR count). The number of fused-ring (bicyclic) bond motifs is 1. The van der Waals surface area contributed by atoms with Crippen LogP contribution in [0.25, 0.3) is 16.0 Å². The second-order valence-corrected chi connectivity index (χ2v) is 7.39. The number of aromatic nitrogens is 2. The lowest BCUT2D eigenvalue weighted by Gasteiger charge is -2.20. The van der Waals surface area contributed by atoms with E-state index < -0.39 is 17.7 Å². The van der Waals surface area contributed by atoms with Gasteiger partial charge in [-0.3, -0.25) is 19.5 Å². The minimum Gasteiger partial charge on any atom is -0.507 e. The summed E-state index contributed by atoms with van der Waals surface area (Å²) in [6, 6.07) is 13.0. The Bertz CT molecular complexity index is 1230. The van der Waals surface area contributed by atoms with Gasteiger partial charge in [0.2, 0.25) is 0 Å². The van der Waals surface area contributed by atoms with Crippen molar-refractivity contribution in [2.75, 3.05) is 4.90 Å². The molecule has 142 valence electrons. The molecule has 4 aromatic rings. The lowest BCUT2D eigenvalue weighted by molar-refractivity contribution is -0.132. The fourth-order valence-corrected chi connectivity index (χ4v) is 4.37. The number of pyridine rings is 1. The van der Waals surface area contributed by atoms with E-state index in [4.69, 9.17) is 4.42 Å². The Labute approximate surface area is 168 Å². The Morgan fingerprint density at radius 2 is 1.86 bits per heavy atom. The van der Waals surface area contributed by atoms with Gasteiger partial charge in [0.1, 0.15) is 17.6 Å². The van der Waals surface area contributed by atoms with Crippen LogP contribution in [0.3, 0.4) is 0 Å². The Morgan fingerprint density at radius 1 is 1.07 bits per heavy atom. The molecule has 7 nitrogen and oxygen atoms in total. The molecule has 1 fully saturated rings. The molecular formula is C21H13N3O4S. The van der Waals surface area contributed by atoms with Crippen molar-refractivity contribution in [3.8, 4) is 0 Å². The number of benzene rings is 1. The van der Waals surface area contributed by atoms with Crippen molar-refractivity contribution in [1.82, 2.24) is 9.97 Å². The molecule has 0 spiro atoms. The van der Waals surface area contributed by atoms with E-state index in [1.807, 2.05) is 24.3 Å². The number of para-hydroxylation sites is 1. The number of aliphatic hydroxyl groups excluding tert-OH is 1. The highest BCUT2D eigenvalue weighted by molar-refractivity contribution is 7.22. The molecule has 1 unspecified atom stereocenters. The molecule has 29 heavy (non-hydrogen) atoms. The summed E-state index contributed by atoms with van der Waals surface area (Å²) in [5.41, 5.74) is 1.07. The van der Waals surface area contributed by atoms with Crippen LogP contribution in [-0.2, 0) is 9.59 Å². The van der Waals surface area contributed by atoms with Crippen molar-refractivity contribution in [3.05, 3.63) is 84.1 Å². The summed E-state index contributed by atoms with van der Waals surface area (Å²) in [6.45, 7) is 0. The number of furan rings is 1. The Kier molecular flexibility index (Phi) is 3.99. The Hall–Kier alpha value is -3.78. The molecule has 1 aliphatic heterocycles. The second kappa shape index (κ2) is 6.68. The number of Topliss-reactive ketones (excluding diaryl/α,β-unsaturated/α-hetero) is 1. The number of anilines is 1. The fourth-order valence-electron chi connectivity index (χ4n) is 3.37. The topological polar surface area (TPSA) is 96.5 Å². The van der Waals surface area contributed by atoms with E-state index in [2.05, 4.69) is 9.97 Å². The highest BCUT2D eigenvalue weighted by Gasteiger charge is 2.49. The van der Waals surface area contributed by atoms with E-state index >= 15 is 0 Å². The smallest absolute Gasteiger partial charge is 0.302 e. The van der Waals surface area contributed by atoms with Gasteiger partial charge in [0.25, 0.3) is 5.78 Å². The van der Waals surface area contributed by atoms with Gasteiger partial charge in [-0.15, -0.1) is 0 Å². The van der Waals surface area contributed by atoms with Gasteiger partial charge in [0.15, 0.2) is 5.13 Å². The van der Waals surface area contributed by atoms with Crippen molar-refractivity contribution in [2.45, 2.75) is 6.04 Å². The molecule has 1 aromatic carbocycles. The molecule has 0 saturated carbocycles. The van der Waals surface area contributed by atoms with Crippen LogP contribution in [0.2, 0.25) is 0 Å². The number of thiazole rings is 1. The molecule has 1 amide bonds. The van der Waals surface area contributed by atoms with Crippen molar-refractivity contribution in [1.29, 1.82) is 0 Å². The summed E-state index contributed by atoms with van der Waals surface area (Å²) >= 11 is 1.30. The summed E-state index contributed by atoms with van der Waals surface area (Å²) in [4.78, 5) is 35.6. The Balaban J connectivity index is 1.73. The van der Waals surface area contributed by atoms with Crippen LogP contribution in [0.1, 0.15) is 17.4 Å². The van der Waals surface area contributed by atoms with Crippen LogP contribution >= 0.6 is 11.3 Å². The molecule has 1 atom stereocenters. The highest BCUT2D eigenvalue weighted by atomic mass is 32.1. The van der Waals surface area contributed by atoms with Crippen LogP contribution in [0.5, 0.6) is 0 Å². The van der Waals surface area contributed by atoms with E-state index in [1.165, 1.54) is 34.9 Å². The third-order valence-electron chi connectivity index (χ3n) is 4.70. The van der Waals surface area contributed by atoms with Crippen molar-refractivity contribution >= 4 is 44.1 Å². The van der Waals surface area contributed by atoms with Crippen molar-refractivity contribution < 1.29 is 19.1 Å². The Morgan fingerprint density at radius 3 is 2.59 bits per heavy atom. The van der Waals surface area contributed by atoms with E-state index in [0.717, 1.165) is 10.2 Å². The lowest BCUT2D eigenvalue weighted by atomic mass is 10.00. The van der Waals surface area contributed by atoms with Gasteiger partial charge in [0, 0.05) is 18.0 Å². The molecule has 0 aliphatic carbocycles. The van der Waals surface area contributed by atoms with Crippen LogP contribution < -0.4 is 4.90 Å². The minimum atomic E-state index is -0.918. The summed E-state index contributed by atoms with van der Waals surface area (Å²) in [5, 5.41) is 11.2. The zero-order valence-electron chi connectivity index (χ0n) is 14.9. The number of nitrogens with zero attached hydrogens (tertiary/aromatic N) is 3. The van der Waals surface area contributed by atoms with Crippen LogP contribution in [-0.4, -0.2) is 26.8 Å². The van der Waals surface area contributed by atoms with Gasteiger partial charge in [0.05, 0.1) is 22.1 Å². The highest BCUT2D eigenvalue weighted by Crippen LogP contribution is 2.44. The predicted molar refractivity (Wildman–Crippen MR) is 107 cm³/mol. The van der Waals surface area contributed by atoms with Gasteiger partial charge >= 0.3 is 5.91 Å². The van der Waals surface area contributed by atoms with E-state index in [1.54, 1.807) is 24.3 Å². The number of hydrogen-bond acceptors (Lipinski definition) is 7. The zero-order chi connectivity index (χ0) is 20.0. The van der Waals surface area contributed by atoms with Gasteiger partial charge in [-0.25, -0.2) is 4.98 Å². The van der Waals surface area contributed by atoms with E-state index in [0.29, 0.717) is 16.5 Å². The van der Waals surface area contributed by atoms with Crippen molar-refractivity contribution in [3.63, 3.8) is 0 Å². The quantitative estimate of drug-likeness (QED) is 0.316. The molecular weight excluding hydrogens is 390 g/mol. The van der Waals surface area contributed by atoms with E-state index in [-0.39, 0.29) is 11.3 Å². The first kappa shape index (κ1) is 17.3. The average molecular weight is 403 g/mol. The first-order valence-electron chi connectivity index (χ1n) is 8.75. The lowest BCUT2D eigenvalue weighted by Crippen LogP contribution is -2.29. The number of carbonyl (C=O) groups is 2. The molecule has 0 radical (unpaired) electrons. The number of aliphatic hydroxyl groups is 1. The SMILES string of the molecule is O=C1C(=O)N(c2nc3ccccc3s2)C(c2ccco2)/C1=C(\O)c1ccncc1. The molecule has 3 aromatic heterocycles. The first-order chi connectivity index (χ1) is 14.1. The molecule has 4 heterocycles. The molecule has 1 aliphatic rings. The summed E-state index contributed by atoms with van der Waals surface area (Å²) < 4.78 is 6.42. The fraction of sp³-hybridized carbons (Fsp3) is 0.0476. The molecule has 8 heteroatoms. The maximum atomic E-state index is 13.0. The maximum Gasteiger partial charge on any atom is 0.302 e. The van der Waals surface area contributed by atoms with Crippen LogP contribution in [0, 0.1) is 0 Å². The predicted octanol–water partition coefficient (Wildman–Crippen LogP) is 3.91. The standard InChI is InChI=1S/C21H13N3O4S/c25-18(12-7-9-22-10-8-12)16-17(14-5-3-11-28-14)24(20(27)19(16)26)21-23-13-4-1-2-6-15(13)29-21/h1-11,17,25H/b18-16+. The average Bonchev–Trinajstić information content (AvgIpc) is 3.47. The summed E-state index contributed by atoms with van der Waals surface area (Å²) in [6.07, 6.45) is 4.46. The van der Waals surface area contributed by atoms with E-state index in [9.17, 15) is 14.7 Å². The monoisotopic (exact) mass is 403 g/mol. The molecule has 1 N–H and O–H groups in total. The zero-order valence-corrected chi connectivity index (χ0v) is 15.7. The van der Waals surface area contributed by atoms with Crippen LogP contribution in [0.15, 0.2) is 77.2 Å². The van der Waals surface area contributed by atoms with Crippen LogP contribution in [0.4, 0.5) is 5.13 Å². The first-order valence-corrected chi connectivity index (χ1v) is 9.57. The van der Waals surface area contributed by atoms with Gasteiger partial charge in [-0.1, -0.05) is 23.5 Å². The number of ketones is 1. The maximum absolute atomic E-state index is 13.0. The minimum absolute atomic E-state index is 0.0459. The normalized spacial score (nSPS) is 18.6. The third-order valence-corrected chi connectivity index (χ3v) is 5.74. The van der Waals surface area contributed by atoms with Crippen molar-refractivity contribution in [2.24, 2.45) is 0 Å². The number of rotatable bonds is 3. The second-order valence-electron chi connectivity index (χ2n) is 6.38. The molecule has 1 saturated heterocycles. The van der Waals surface area contributed by atoms with Gasteiger partial charge < -0.3 is 9.52 Å². The summed E-state index contributed by atoms with van der Waals surface area (Å²) in [5.74, 6) is -1.48. The molecule has 0 bridgehead atoms. The van der Waals surface area contributed by atoms with Gasteiger partial charge in [-0.05, 0) is 36.4 Å². The largest absolute Gasteiger partial charge is 0.507 e. The third kappa shape index (κ3) is 2.73. The number of hydrogen-bond donors (Lipinski definition) is 1. The summed E-state index contributed by atoms with van der Waals surface area (Å²) in [7, 11) is 0. The number of amides is 1. The number of carbonyl (C=O) groups excluding carboxylic acids is 2.